The van der Waals surface area contributed by atoms with Gasteiger partial charge in [0.15, 0.2) is 0 Å². The number of H-pyrrole nitrogens is 1. The van der Waals surface area contributed by atoms with Crippen molar-refractivity contribution in [1.82, 2.24) is 25.9 Å². The molecule has 8 nitrogen and oxygen atoms in total. The maximum absolute atomic E-state index is 11.4. The summed E-state index contributed by atoms with van der Waals surface area (Å²) in [5, 5.41) is 7.22. The van der Waals surface area contributed by atoms with E-state index in [9.17, 15) is 14.4 Å². The number of imidazole rings is 1. The summed E-state index contributed by atoms with van der Waals surface area (Å²) in [5.74, 6) is -0.929. The Hall–Kier alpha value is -2.38. The fourth-order valence-electron chi connectivity index (χ4n) is 1.27. The summed E-state index contributed by atoms with van der Waals surface area (Å²) in [5.41, 5.74) is 0.860. The van der Waals surface area contributed by atoms with Crippen molar-refractivity contribution in [2.24, 2.45) is 0 Å². The molecule has 8 heteroatoms. The number of carbonyl (C=O) groups excluding carboxylic acids is 3. The molecule has 104 valence electrons. The van der Waals surface area contributed by atoms with Gasteiger partial charge in [-0.1, -0.05) is 0 Å². The molecule has 0 fully saturated rings. The van der Waals surface area contributed by atoms with Gasteiger partial charge in [0.2, 0.25) is 17.7 Å². The smallest absolute Gasteiger partial charge is 0.239 e. The van der Waals surface area contributed by atoms with Gasteiger partial charge in [0.1, 0.15) is 0 Å². The quantitative estimate of drug-likeness (QED) is 0.472. The maximum Gasteiger partial charge on any atom is 0.239 e. The van der Waals surface area contributed by atoms with Crippen LogP contribution in [0.1, 0.15) is 12.1 Å². The molecule has 4 N–H and O–H groups in total. The van der Waals surface area contributed by atoms with Gasteiger partial charge in [0, 0.05) is 25.4 Å². The van der Waals surface area contributed by atoms with Crippen LogP contribution in [0.15, 0.2) is 12.5 Å². The van der Waals surface area contributed by atoms with Crippen LogP contribution in [0.25, 0.3) is 0 Å². The lowest BCUT2D eigenvalue weighted by Crippen LogP contribution is -2.41. The van der Waals surface area contributed by atoms with E-state index >= 15 is 0 Å². The van der Waals surface area contributed by atoms with Crippen LogP contribution >= 0.6 is 0 Å². The highest BCUT2D eigenvalue weighted by molar-refractivity contribution is 5.88. The summed E-state index contributed by atoms with van der Waals surface area (Å²) in [6.45, 7) is -0.238. The number of nitrogens with zero attached hydrogens (tertiary/aromatic N) is 1. The third kappa shape index (κ3) is 6.20. The van der Waals surface area contributed by atoms with Crippen LogP contribution in [0, 0.1) is 0 Å². The molecule has 1 aromatic rings. The van der Waals surface area contributed by atoms with E-state index in [1.165, 1.54) is 7.05 Å². The zero-order valence-electron chi connectivity index (χ0n) is 10.7. The van der Waals surface area contributed by atoms with Gasteiger partial charge in [0.25, 0.3) is 0 Å². The fourth-order valence-corrected chi connectivity index (χ4v) is 1.27. The Morgan fingerprint density at radius 2 is 1.84 bits per heavy atom. The van der Waals surface area contributed by atoms with Crippen molar-refractivity contribution >= 4 is 17.7 Å². The molecule has 19 heavy (non-hydrogen) atoms. The van der Waals surface area contributed by atoms with Crippen molar-refractivity contribution in [3.8, 4) is 0 Å². The first-order valence-electron chi connectivity index (χ1n) is 5.83. The van der Waals surface area contributed by atoms with Crippen LogP contribution in [0.2, 0.25) is 0 Å². The zero-order valence-corrected chi connectivity index (χ0v) is 10.7. The second kappa shape index (κ2) is 7.85. The van der Waals surface area contributed by atoms with Crippen LogP contribution in [-0.2, 0) is 20.8 Å². The second-order valence-corrected chi connectivity index (χ2v) is 3.80. The molecule has 1 heterocycles. The van der Waals surface area contributed by atoms with E-state index < -0.39 is 5.91 Å². The van der Waals surface area contributed by atoms with E-state index in [2.05, 4.69) is 25.9 Å². The van der Waals surface area contributed by atoms with E-state index in [-0.39, 0.29) is 31.3 Å². The Balaban J connectivity index is 2.12. The normalized spacial score (nSPS) is 9.74. The highest BCUT2D eigenvalue weighted by atomic mass is 16.2. The number of rotatable bonds is 7. The number of aromatic nitrogens is 2. The highest BCUT2D eigenvalue weighted by Gasteiger charge is 2.07. The Kier molecular flexibility index (Phi) is 6.07. The van der Waals surface area contributed by atoms with E-state index in [0.717, 1.165) is 5.69 Å². The van der Waals surface area contributed by atoms with Crippen LogP contribution in [0.4, 0.5) is 0 Å². The summed E-state index contributed by atoms with van der Waals surface area (Å²) in [6, 6.07) is 0. The minimum absolute atomic E-state index is 0.0979. The fraction of sp³-hybridized carbons (Fsp3) is 0.455. The number of hydrogen-bond acceptors (Lipinski definition) is 4. The largest absolute Gasteiger partial charge is 0.358 e. The van der Waals surface area contributed by atoms with Gasteiger partial charge in [-0.15, -0.1) is 0 Å². The molecule has 0 saturated carbocycles. The third-order valence-electron chi connectivity index (χ3n) is 2.35. The van der Waals surface area contributed by atoms with Crippen molar-refractivity contribution in [3.05, 3.63) is 18.2 Å². The van der Waals surface area contributed by atoms with Gasteiger partial charge in [-0.25, -0.2) is 4.98 Å². The van der Waals surface area contributed by atoms with Gasteiger partial charge >= 0.3 is 0 Å². The molecule has 0 atom stereocenters. The first-order chi connectivity index (χ1) is 9.11. The van der Waals surface area contributed by atoms with Crippen molar-refractivity contribution < 1.29 is 14.4 Å². The first-order valence-corrected chi connectivity index (χ1v) is 5.83. The molecule has 0 unspecified atom stereocenters. The highest BCUT2D eigenvalue weighted by Crippen LogP contribution is 1.96. The SMILES string of the molecule is CNC(=O)CNC(=O)CNC(=O)CCc1cnc[nH]1. The summed E-state index contributed by atoms with van der Waals surface area (Å²) >= 11 is 0. The Labute approximate surface area is 110 Å². The van der Waals surface area contributed by atoms with Crippen LogP contribution < -0.4 is 16.0 Å². The molecule has 1 aromatic heterocycles. The average Bonchev–Trinajstić information content (AvgIpc) is 2.93. The number of nitrogens with one attached hydrogen (secondary N) is 4. The topological polar surface area (TPSA) is 116 Å². The predicted octanol–water partition coefficient (Wildman–Crippen LogP) is -1.68. The Morgan fingerprint density at radius 1 is 1.16 bits per heavy atom. The van der Waals surface area contributed by atoms with E-state index in [1.54, 1.807) is 12.5 Å². The molecule has 0 aliphatic heterocycles. The second-order valence-electron chi connectivity index (χ2n) is 3.80. The van der Waals surface area contributed by atoms with Gasteiger partial charge in [-0.2, -0.15) is 0 Å². The Bertz CT molecular complexity index is 430. The lowest BCUT2D eigenvalue weighted by atomic mass is 10.2. The van der Waals surface area contributed by atoms with Crippen LogP contribution in [-0.4, -0.2) is 47.8 Å². The predicted molar refractivity (Wildman–Crippen MR) is 67.0 cm³/mol. The van der Waals surface area contributed by atoms with Crippen molar-refractivity contribution in [1.29, 1.82) is 0 Å². The summed E-state index contributed by atoms with van der Waals surface area (Å²) in [4.78, 5) is 40.3. The standard InChI is InChI=1S/C11H17N5O3/c1-12-10(18)5-15-11(19)6-14-9(17)3-2-8-4-13-7-16-8/h4,7H,2-3,5-6H2,1H3,(H,12,18)(H,13,16)(H,14,17)(H,15,19). The minimum Gasteiger partial charge on any atom is -0.358 e. The van der Waals surface area contributed by atoms with Crippen molar-refractivity contribution in [3.63, 3.8) is 0 Å². The molecular weight excluding hydrogens is 250 g/mol. The summed E-state index contributed by atoms with van der Waals surface area (Å²) < 4.78 is 0. The lowest BCUT2D eigenvalue weighted by molar-refractivity contribution is -0.127. The summed E-state index contributed by atoms with van der Waals surface area (Å²) in [7, 11) is 1.48. The number of aryl methyl sites for hydroxylation is 1. The summed E-state index contributed by atoms with van der Waals surface area (Å²) in [6.07, 6.45) is 3.99. The van der Waals surface area contributed by atoms with Gasteiger partial charge in [-0.05, 0) is 6.42 Å². The van der Waals surface area contributed by atoms with Gasteiger partial charge in [0.05, 0.1) is 19.4 Å². The molecular formula is C11H17N5O3. The molecule has 0 radical (unpaired) electrons. The molecule has 0 spiro atoms. The lowest BCUT2D eigenvalue weighted by Gasteiger charge is -2.06. The van der Waals surface area contributed by atoms with E-state index in [4.69, 9.17) is 0 Å². The van der Waals surface area contributed by atoms with Crippen LogP contribution in [0.5, 0.6) is 0 Å². The zero-order chi connectivity index (χ0) is 14.1. The monoisotopic (exact) mass is 267 g/mol. The first kappa shape index (κ1) is 14.7. The number of carbonyl (C=O) groups is 3. The molecule has 0 aromatic carbocycles. The molecule has 1 rings (SSSR count). The molecule has 0 aliphatic carbocycles. The number of aromatic amines is 1. The van der Waals surface area contributed by atoms with Crippen molar-refractivity contribution in [2.45, 2.75) is 12.8 Å². The molecule has 3 amide bonds. The minimum atomic E-state index is -0.404. The maximum atomic E-state index is 11.4. The van der Waals surface area contributed by atoms with Crippen LogP contribution in [0.3, 0.4) is 0 Å². The number of amides is 3. The van der Waals surface area contributed by atoms with E-state index in [0.29, 0.717) is 6.42 Å². The van der Waals surface area contributed by atoms with Gasteiger partial charge in [-0.3, -0.25) is 14.4 Å². The number of likely N-dealkylation sites (N-methyl/N-ethyl adjacent to an activating group) is 1. The molecule has 0 aliphatic rings. The molecule has 0 saturated heterocycles. The third-order valence-corrected chi connectivity index (χ3v) is 2.35. The van der Waals surface area contributed by atoms with Crippen molar-refractivity contribution in [2.75, 3.05) is 20.1 Å². The number of hydrogen-bond donors (Lipinski definition) is 4. The van der Waals surface area contributed by atoms with Gasteiger partial charge < -0.3 is 20.9 Å². The van der Waals surface area contributed by atoms with E-state index in [1.807, 2.05) is 0 Å². The molecule has 0 bridgehead atoms. The Morgan fingerprint density at radius 3 is 2.47 bits per heavy atom. The average molecular weight is 267 g/mol.